The summed E-state index contributed by atoms with van der Waals surface area (Å²) in [6.45, 7) is 8.78. The van der Waals surface area contributed by atoms with Crippen LogP contribution in [0.1, 0.15) is 44.7 Å². The number of rotatable bonds is 5. The summed E-state index contributed by atoms with van der Waals surface area (Å²) in [5.74, 6) is 1.04. The van der Waals surface area contributed by atoms with Gasteiger partial charge in [-0.3, -0.25) is 14.4 Å². The molecule has 3 fully saturated rings. The highest BCUT2D eigenvalue weighted by molar-refractivity contribution is 5.81. The van der Waals surface area contributed by atoms with Crippen molar-refractivity contribution in [2.45, 2.75) is 45.7 Å². The van der Waals surface area contributed by atoms with Gasteiger partial charge in [-0.1, -0.05) is 0 Å². The molecule has 138 valence electrons. The van der Waals surface area contributed by atoms with Gasteiger partial charge in [0.15, 0.2) is 0 Å². The average Bonchev–Trinajstić information content (AvgIpc) is 3.21. The van der Waals surface area contributed by atoms with Crippen molar-refractivity contribution in [3.63, 3.8) is 0 Å². The maximum Gasteiger partial charge on any atom is 0.225 e. The van der Waals surface area contributed by atoms with E-state index in [0.29, 0.717) is 17.9 Å². The van der Waals surface area contributed by atoms with Crippen LogP contribution >= 0.6 is 0 Å². The molecule has 0 bridgehead atoms. The number of fused-ring (bicyclic) bond motifs is 1. The maximum absolute atomic E-state index is 12.5. The van der Waals surface area contributed by atoms with Crippen molar-refractivity contribution in [2.24, 2.45) is 17.3 Å². The molecule has 3 aliphatic rings. The molecule has 1 aromatic rings. The molecule has 1 aliphatic carbocycles. The predicted molar refractivity (Wildman–Crippen MR) is 94.8 cm³/mol. The van der Waals surface area contributed by atoms with Gasteiger partial charge in [0, 0.05) is 55.3 Å². The molecule has 2 saturated heterocycles. The second-order valence-electron chi connectivity index (χ2n) is 8.63. The minimum Gasteiger partial charge on any atom is -0.396 e. The van der Waals surface area contributed by atoms with Crippen LogP contribution in [0.3, 0.4) is 0 Å². The van der Waals surface area contributed by atoms with Crippen molar-refractivity contribution in [2.75, 3.05) is 32.8 Å². The molecule has 0 unspecified atom stereocenters. The van der Waals surface area contributed by atoms with E-state index in [9.17, 15) is 9.90 Å². The van der Waals surface area contributed by atoms with E-state index in [0.717, 1.165) is 52.0 Å². The molecular weight excluding hydrogens is 316 g/mol. The lowest BCUT2D eigenvalue weighted by molar-refractivity contribution is -0.132. The van der Waals surface area contributed by atoms with E-state index in [1.807, 2.05) is 15.8 Å². The largest absolute Gasteiger partial charge is 0.396 e. The molecular formula is C19H30N4O2. The van der Waals surface area contributed by atoms with E-state index in [2.05, 4.69) is 30.0 Å². The van der Waals surface area contributed by atoms with Crippen LogP contribution in [0, 0.1) is 17.3 Å². The van der Waals surface area contributed by atoms with Gasteiger partial charge >= 0.3 is 0 Å². The lowest BCUT2D eigenvalue weighted by atomic mass is 9.74. The van der Waals surface area contributed by atoms with Crippen LogP contribution in [0.2, 0.25) is 0 Å². The fourth-order valence-electron chi connectivity index (χ4n) is 4.59. The Morgan fingerprint density at radius 1 is 1.36 bits per heavy atom. The third-order valence-corrected chi connectivity index (χ3v) is 6.29. The first-order chi connectivity index (χ1) is 12.0. The van der Waals surface area contributed by atoms with Gasteiger partial charge < -0.3 is 10.0 Å². The van der Waals surface area contributed by atoms with Crippen molar-refractivity contribution in [1.82, 2.24) is 19.6 Å². The van der Waals surface area contributed by atoms with Crippen LogP contribution in [0.5, 0.6) is 0 Å². The Balaban J connectivity index is 1.43. The van der Waals surface area contributed by atoms with Gasteiger partial charge in [-0.15, -0.1) is 0 Å². The van der Waals surface area contributed by atoms with E-state index >= 15 is 0 Å². The number of likely N-dealkylation sites (tertiary alicyclic amines) is 2. The second-order valence-corrected chi connectivity index (χ2v) is 8.63. The first-order valence-electron chi connectivity index (χ1n) is 9.66. The van der Waals surface area contributed by atoms with Gasteiger partial charge in [0.1, 0.15) is 0 Å². The van der Waals surface area contributed by atoms with Gasteiger partial charge in [0.2, 0.25) is 5.91 Å². The van der Waals surface area contributed by atoms with E-state index in [1.165, 1.54) is 5.56 Å². The van der Waals surface area contributed by atoms with Crippen LogP contribution in [0.4, 0.5) is 0 Å². The van der Waals surface area contributed by atoms with Gasteiger partial charge in [-0.25, -0.2) is 0 Å². The van der Waals surface area contributed by atoms with Crippen LogP contribution in [-0.4, -0.2) is 63.4 Å². The van der Waals surface area contributed by atoms with Gasteiger partial charge in [0.25, 0.3) is 0 Å². The second kappa shape index (κ2) is 6.40. The van der Waals surface area contributed by atoms with E-state index in [4.69, 9.17) is 0 Å². The predicted octanol–water partition coefficient (Wildman–Crippen LogP) is 1.52. The summed E-state index contributed by atoms with van der Waals surface area (Å²) in [6, 6.07) is 0.375. The normalized spacial score (nSPS) is 30.1. The van der Waals surface area contributed by atoms with E-state index < -0.39 is 0 Å². The zero-order chi connectivity index (χ0) is 17.6. The summed E-state index contributed by atoms with van der Waals surface area (Å²) in [4.78, 5) is 16.9. The Morgan fingerprint density at radius 3 is 2.80 bits per heavy atom. The van der Waals surface area contributed by atoms with Gasteiger partial charge in [0.05, 0.1) is 12.8 Å². The first kappa shape index (κ1) is 17.0. The Bertz CT molecular complexity index is 639. The van der Waals surface area contributed by atoms with Crippen molar-refractivity contribution < 1.29 is 9.90 Å². The smallest absolute Gasteiger partial charge is 0.225 e. The highest BCUT2D eigenvalue weighted by Crippen LogP contribution is 2.44. The molecule has 0 radical (unpaired) electrons. The van der Waals surface area contributed by atoms with Gasteiger partial charge in [-0.05, 0) is 45.6 Å². The monoisotopic (exact) mass is 346 g/mol. The maximum atomic E-state index is 12.5. The van der Waals surface area contributed by atoms with Crippen molar-refractivity contribution >= 4 is 5.91 Å². The molecule has 3 heterocycles. The zero-order valence-corrected chi connectivity index (χ0v) is 15.4. The molecule has 1 saturated carbocycles. The number of piperidine rings is 1. The first-order valence-corrected chi connectivity index (χ1v) is 9.66. The Morgan fingerprint density at radius 2 is 2.16 bits per heavy atom. The Labute approximate surface area is 149 Å². The van der Waals surface area contributed by atoms with Crippen LogP contribution in [0.25, 0.3) is 0 Å². The Kier molecular flexibility index (Phi) is 4.36. The summed E-state index contributed by atoms with van der Waals surface area (Å²) in [6.07, 6.45) is 7.25. The van der Waals surface area contributed by atoms with Gasteiger partial charge in [-0.2, -0.15) is 5.10 Å². The highest BCUT2D eigenvalue weighted by atomic mass is 16.3. The molecule has 1 aromatic heterocycles. The number of amides is 1. The minimum absolute atomic E-state index is 0.142. The topological polar surface area (TPSA) is 61.6 Å². The zero-order valence-electron chi connectivity index (χ0n) is 15.4. The molecule has 4 rings (SSSR count). The number of nitrogens with zero attached hydrogens (tertiary/aromatic N) is 4. The fourth-order valence-corrected chi connectivity index (χ4v) is 4.59. The number of aliphatic hydroxyl groups is 1. The summed E-state index contributed by atoms with van der Waals surface area (Å²) in [7, 11) is 0. The lowest BCUT2D eigenvalue weighted by Gasteiger charge is -2.42. The number of hydrogen-bond donors (Lipinski definition) is 1. The summed E-state index contributed by atoms with van der Waals surface area (Å²) < 4.78 is 2.00. The molecule has 6 nitrogen and oxygen atoms in total. The van der Waals surface area contributed by atoms with Crippen molar-refractivity contribution in [3.8, 4) is 0 Å². The number of hydrogen-bond acceptors (Lipinski definition) is 4. The number of aromatic nitrogens is 2. The minimum atomic E-state index is -0.142. The van der Waals surface area contributed by atoms with Crippen molar-refractivity contribution in [1.29, 1.82) is 0 Å². The Hall–Kier alpha value is -1.40. The molecule has 0 spiro atoms. The number of carbonyl (C=O) groups is 1. The number of carbonyl (C=O) groups excluding carboxylic acids is 1. The summed E-state index contributed by atoms with van der Waals surface area (Å²) in [5, 5.41) is 14.6. The van der Waals surface area contributed by atoms with Crippen LogP contribution in [-0.2, 0) is 11.3 Å². The molecule has 0 aromatic carbocycles. The summed E-state index contributed by atoms with van der Waals surface area (Å²) in [5.41, 5.74) is 1.08. The standard InChI is InChI=1S/C19H30N4O2/c1-14(2)23-9-15(7-20-23)8-21-6-5-17-10-22(18(25)16-3-4-16)12-19(17,11-21)13-24/h7,9,14,16-17,24H,3-6,8,10-13H2,1-2H3/t17-,19+/m0/s1. The quantitative estimate of drug-likeness (QED) is 0.878. The van der Waals surface area contributed by atoms with Crippen LogP contribution < -0.4 is 0 Å². The fraction of sp³-hybridized carbons (Fsp3) is 0.789. The SMILES string of the molecule is CC(C)n1cc(CN2CC[C@H]3CN(C(=O)C4CC4)C[C@@]3(CO)C2)cn1. The van der Waals surface area contributed by atoms with Crippen molar-refractivity contribution in [3.05, 3.63) is 18.0 Å². The lowest BCUT2D eigenvalue weighted by Crippen LogP contribution is -2.50. The molecule has 2 aliphatic heterocycles. The number of aliphatic hydroxyl groups excluding tert-OH is 1. The molecule has 1 amide bonds. The third kappa shape index (κ3) is 3.22. The molecule has 1 N–H and O–H groups in total. The molecule has 6 heteroatoms. The van der Waals surface area contributed by atoms with Crippen LogP contribution in [0.15, 0.2) is 12.4 Å². The average molecular weight is 346 g/mol. The van der Waals surface area contributed by atoms with E-state index in [-0.39, 0.29) is 17.9 Å². The summed E-state index contributed by atoms with van der Waals surface area (Å²) >= 11 is 0. The molecule has 25 heavy (non-hydrogen) atoms. The third-order valence-electron chi connectivity index (χ3n) is 6.29. The molecule has 2 atom stereocenters. The van der Waals surface area contributed by atoms with E-state index in [1.54, 1.807) is 0 Å². The highest BCUT2D eigenvalue weighted by Gasteiger charge is 2.51.